The highest BCUT2D eigenvalue weighted by Gasteiger charge is 2.14. The van der Waals surface area contributed by atoms with Crippen molar-refractivity contribution in [3.63, 3.8) is 0 Å². The van der Waals surface area contributed by atoms with E-state index in [2.05, 4.69) is 10.3 Å². The molecule has 0 unspecified atom stereocenters. The van der Waals surface area contributed by atoms with E-state index in [1.807, 2.05) is 19.2 Å². The summed E-state index contributed by atoms with van der Waals surface area (Å²) in [5.74, 6) is -0.240. The summed E-state index contributed by atoms with van der Waals surface area (Å²) in [6.07, 6.45) is 0. The van der Waals surface area contributed by atoms with Crippen LogP contribution in [0.4, 0.5) is 5.13 Å². The molecule has 0 aliphatic rings. The Hall–Kier alpha value is -1.59. The van der Waals surface area contributed by atoms with Crippen LogP contribution in [0.1, 0.15) is 35.8 Å². The van der Waals surface area contributed by atoms with Gasteiger partial charge in [-0.1, -0.05) is 25.4 Å². The van der Waals surface area contributed by atoms with Crippen molar-refractivity contribution < 1.29 is 9.90 Å². The van der Waals surface area contributed by atoms with Gasteiger partial charge >= 0.3 is 0 Å². The summed E-state index contributed by atoms with van der Waals surface area (Å²) in [5.41, 5.74) is 1.10. The van der Waals surface area contributed by atoms with E-state index in [4.69, 9.17) is 11.6 Å². The Morgan fingerprint density at radius 1 is 1.47 bits per heavy atom. The maximum atomic E-state index is 12.0. The van der Waals surface area contributed by atoms with E-state index in [0.29, 0.717) is 16.1 Å². The number of phenols is 1. The van der Waals surface area contributed by atoms with Crippen molar-refractivity contribution in [2.24, 2.45) is 0 Å². The molecular formula is C13H13ClN2O2S. The molecule has 0 spiro atoms. The number of anilines is 1. The minimum Gasteiger partial charge on any atom is -0.507 e. The van der Waals surface area contributed by atoms with Gasteiger partial charge in [-0.05, 0) is 24.1 Å². The summed E-state index contributed by atoms with van der Waals surface area (Å²) in [7, 11) is 0. The second-order valence-corrected chi connectivity index (χ2v) is 5.64. The zero-order chi connectivity index (χ0) is 14.0. The van der Waals surface area contributed by atoms with E-state index in [9.17, 15) is 9.90 Å². The van der Waals surface area contributed by atoms with Gasteiger partial charge < -0.3 is 5.11 Å². The molecule has 2 aromatic rings. The third kappa shape index (κ3) is 3.24. The summed E-state index contributed by atoms with van der Waals surface area (Å²) < 4.78 is 0. The van der Waals surface area contributed by atoms with Gasteiger partial charge in [0.1, 0.15) is 5.75 Å². The predicted molar refractivity (Wildman–Crippen MR) is 77.3 cm³/mol. The molecule has 0 fully saturated rings. The monoisotopic (exact) mass is 296 g/mol. The highest BCUT2D eigenvalue weighted by molar-refractivity contribution is 7.14. The molecule has 1 aromatic carbocycles. The van der Waals surface area contributed by atoms with Gasteiger partial charge in [0.2, 0.25) is 0 Å². The van der Waals surface area contributed by atoms with Crippen LogP contribution in [0.5, 0.6) is 5.75 Å². The second kappa shape index (κ2) is 5.59. The van der Waals surface area contributed by atoms with Gasteiger partial charge in [0, 0.05) is 10.4 Å². The average Bonchev–Trinajstić information content (AvgIpc) is 2.77. The van der Waals surface area contributed by atoms with Crippen LogP contribution >= 0.6 is 22.9 Å². The zero-order valence-corrected chi connectivity index (χ0v) is 12.0. The summed E-state index contributed by atoms with van der Waals surface area (Å²) >= 11 is 7.08. The molecule has 4 nitrogen and oxygen atoms in total. The molecule has 6 heteroatoms. The van der Waals surface area contributed by atoms with Crippen LogP contribution in [-0.4, -0.2) is 16.0 Å². The Labute approximate surface area is 120 Å². The molecule has 100 valence electrons. The Kier molecular flexibility index (Phi) is 4.07. The molecule has 2 rings (SSSR count). The Balaban J connectivity index is 2.16. The van der Waals surface area contributed by atoms with Crippen molar-refractivity contribution in [3.05, 3.63) is 39.9 Å². The first-order chi connectivity index (χ1) is 8.97. The van der Waals surface area contributed by atoms with Crippen molar-refractivity contribution in [3.8, 4) is 5.75 Å². The van der Waals surface area contributed by atoms with Crippen molar-refractivity contribution >= 4 is 34.0 Å². The number of thiazole rings is 1. The molecule has 2 N–H and O–H groups in total. The van der Waals surface area contributed by atoms with Crippen molar-refractivity contribution in [1.82, 2.24) is 4.98 Å². The molecule has 1 amide bonds. The van der Waals surface area contributed by atoms with Crippen molar-refractivity contribution in [2.75, 3.05) is 5.32 Å². The summed E-state index contributed by atoms with van der Waals surface area (Å²) in [5, 5.41) is 15.1. The SMILES string of the molecule is CC(C)c1csc(NC(=O)c2ccc(Cl)cc2O)n1. The van der Waals surface area contributed by atoms with E-state index in [1.165, 1.54) is 23.5 Å². The topological polar surface area (TPSA) is 62.2 Å². The Morgan fingerprint density at radius 3 is 2.79 bits per heavy atom. The quantitative estimate of drug-likeness (QED) is 0.903. The molecule has 1 heterocycles. The average molecular weight is 297 g/mol. The number of aromatic hydroxyl groups is 1. The summed E-state index contributed by atoms with van der Waals surface area (Å²) in [6.45, 7) is 4.07. The number of phenolic OH excluding ortho intramolecular Hbond substituents is 1. The summed E-state index contributed by atoms with van der Waals surface area (Å²) in [4.78, 5) is 16.3. The van der Waals surface area contributed by atoms with Crippen LogP contribution < -0.4 is 5.32 Å². The van der Waals surface area contributed by atoms with Gasteiger partial charge in [0.05, 0.1) is 11.3 Å². The number of aromatic nitrogens is 1. The van der Waals surface area contributed by atoms with Gasteiger partial charge in [-0.15, -0.1) is 11.3 Å². The van der Waals surface area contributed by atoms with Gasteiger partial charge in [0.15, 0.2) is 5.13 Å². The van der Waals surface area contributed by atoms with Crippen LogP contribution in [0.3, 0.4) is 0 Å². The van der Waals surface area contributed by atoms with Gasteiger partial charge in [0.25, 0.3) is 5.91 Å². The van der Waals surface area contributed by atoms with Crippen LogP contribution in [-0.2, 0) is 0 Å². The van der Waals surface area contributed by atoms with Gasteiger partial charge in [-0.2, -0.15) is 0 Å². The van der Waals surface area contributed by atoms with Crippen molar-refractivity contribution in [2.45, 2.75) is 19.8 Å². The van der Waals surface area contributed by atoms with Crippen LogP contribution in [0.25, 0.3) is 0 Å². The molecule has 1 aromatic heterocycles. The molecule has 0 aliphatic carbocycles. The molecule has 0 saturated heterocycles. The number of carbonyl (C=O) groups is 1. The van der Waals surface area contributed by atoms with E-state index in [1.54, 1.807) is 6.07 Å². The minimum absolute atomic E-state index is 0.148. The Morgan fingerprint density at radius 2 is 2.21 bits per heavy atom. The van der Waals surface area contributed by atoms with Gasteiger partial charge in [-0.3, -0.25) is 10.1 Å². The number of halogens is 1. The standard InChI is InChI=1S/C13H13ClN2O2S/c1-7(2)10-6-19-13(15-10)16-12(18)9-4-3-8(14)5-11(9)17/h3-7,17H,1-2H3,(H,15,16,18). The molecule has 0 atom stereocenters. The molecule has 0 aliphatic heterocycles. The summed E-state index contributed by atoms with van der Waals surface area (Å²) in [6, 6.07) is 4.36. The van der Waals surface area contributed by atoms with E-state index in [0.717, 1.165) is 5.69 Å². The molecule has 19 heavy (non-hydrogen) atoms. The lowest BCUT2D eigenvalue weighted by molar-refractivity contribution is 0.102. The molecular weight excluding hydrogens is 284 g/mol. The number of nitrogens with zero attached hydrogens (tertiary/aromatic N) is 1. The predicted octanol–water partition coefficient (Wildman–Crippen LogP) is 3.88. The van der Waals surface area contributed by atoms with Crippen LogP contribution in [0, 0.1) is 0 Å². The lowest BCUT2D eigenvalue weighted by Gasteiger charge is -2.04. The molecule has 0 saturated carbocycles. The smallest absolute Gasteiger partial charge is 0.261 e. The first-order valence-electron chi connectivity index (χ1n) is 5.72. The largest absolute Gasteiger partial charge is 0.507 e. The lowest BCUT2D eigenvalue weighted by Crippen LogP contribution is -2.12. The molecule has 0 bridgehead atoms. The second-order valence-electron chi connectivity index (χ2n) is 4.35. The first kappa shape index (κ1) is 13.8. The fraction of sp³-hybridized carbons (Fsp3) is 0.231. The van der Waals surface area contributed by atoms with Crippen LogP contribution in [0.2, 0.25) is 5.02 Å². The number of amides is 1. The highest BCUT2D eigenvalue weighted by Crippen LogP contribution is 2.25. The van der Waals surface area contributed by atoms with Crippen molar-refractivity contribution in [1.29, 1.82) is 0 Å². The van der Waals surface area contributed by atoms with Gasteiger partial charge in [-0.25, -0.2) is 4.98 Å². The van der Waals surface area contributed by atoms with E-state index < -0.39 is 5.91 Å². The number of carbonyl (C=O) groups excluding carboxylic acids is 1. The first-order valence-corrected chi connectivity index (χ1v) is 6.98. The Bertz CT molecular complexity index is 610. The number of rotatable bonds is 3. The maximum Gasteiger partial charge on any atom is 0.261 e. The maximum absolute atomic E-state index is 12.0. The number of hydrogen-bond donors (Lipinski definition) is 2. The fourth-order valence-electron chi connectivity index (χ4n) is 1.47. The molecule has 0 radical (unpaired) electrons. The minimum atomic E-state index is -0.404. The van der Waals surface area contributed by atoms with E-state index in [-0.39, 0.29) is 11.3 Å². The highest BCUT2D eigenvalue weighted by atomic mass is 35.5. The lowest BCUT2D eigenvalue weighted by atomic mass is 10.2. The third-order valence-corrected chi connectivity index (χ3v) is 3.55. The normalized spacial score (nSPS) is 10.7. The number of benzene rings is 1. The fourth-order valence-corrected chi connectivity index (χ4v) is 2.50. The van der Waals surface area contributed by atoms with Crippen LogP contribution in [0.15, 0.2) is 23.6 Å². The third-order valence-electron chi connectivity index (χ3n) is 2.54. The zero-order valence-electron chi connectivity index (χ0n) is 10.5. The van der Waals surface area contributed by atoms with E-state index >= 15 is 0 Å². The number of hydrogen-bond acceptors (Lipinski definition) is 4. The number of nitrogens with one attached hydrogen (secondary N) is 1.